The lowest BCUT2D eigenvalue weighted by atomic mass is 9.97. The van der Waals surface area contributed by atoms with Gasteiger partial charge in [0, 0.05) is 8.95 Å². The minimum Gasteiger partial charge on any atom is -0.330 e. The van der Waals surface area contributed by atoms with Crippen molar-refractivity contribution in [2.24, 2.45) is 11.7 Å². The van der Waals surface area contributed by atoms with Gasteiger partial charge in [-0.25, -0.2) is 0 Å². The van der Waals surface area contributed by atoms with Crippen LogP contribution in [0.3, 0.4) is 0 Å². The molecule has 0 unspecified atom stereocenters. The Balaban J connectivity index is 1.84. The third kappa shape index (κ3) is 4.55. The number of likely N-dealkylation sites (tertiary alicyclic amines) is 1. The maximum absolute atomic E-state index is 12.1. The Bertz CT molecular complexity index is 473. The van der Waals surface area contributed by atoms with Crippen LogP contribution in [0, 0.1) is 5.92 Å². The number of carbonyl (C=O) groups is 1. The van der Waals surface area contributed by atoms with Crippen LogP contribution in [0.15, 0.2) is 27.1 Å². The molecule has 1 aromatic rings. The summed E-state index contributed by atoms with van der Waals surface area (Å²) in [6.45, 7) is 3.11. The van der Waals surface area contributed by atoms with Gasteiger partial charge in [0.25, 0.3) is 0 Å². The first-order chi connectivity index (χ1) is 9.58. The van der Waals surface area contributed by atoms with E-state index in [2.05, 4.69) is 42.1 Å². The fourth-order valence-corrected chi connectivity index (χ4v) is 3.51. The first kappa shape index (κ1) is 15.9. The second-order valence-corrected chi connectivity index (χ2v) is 6.90. The lowest BCUT2D eigenvalue weighted by Gasteiger charge is -2.30. The largest absolute Gasteiger partial charge is 0.330 e. The normalized spacial score (nSPS) is 17.1. The monoisotopic (exact) mass is 403 g/mol. The van der Waals surface area contributed by atoms with Gasteiger partial charge in [0.1, 0.15) is 0 Å². The first-order valence-electron chi connectivity index (χ1n) is 6.76. The molecule has 2 rings (SSSR count). The van der Waals surface area contributed by atoms with Crippen LogP contribution in [-0.2, 0) is 4.79 Å². The van der Waals surface area contributed by atoms with Crippen molar-refractivity contribution in [2.75, 3.05) is 31.5 Å². The summed E-state index contributed by atoms with van der Waals surface area (Å²) in [6, 6.07) is 5.71. The number of hydrogen-bond acceptors (Lipinski definition) is 3. The van der Waals surface area contributed by atoms with E-state index in [1.807, 2.05) is 18.2 Å². The summed E-state index contributed by atoms with van der Waals surface area (Å²) in [5.41, 5.74) is 6.48. The lowest BCUT2D eigenvalue weighted by molar-refractivity contribution is -0.117. The minimum absolute atomic E-state index is 0.0271. The summed E-state index contributed by atoms with van der Waals surface area (Å²) in [6.07, 6.45) is 2.18. The number of piperidine rings is 1. The molecule has 0 radical (unpaired) electrons. The van der Waals surface area contributed by atoms with E-state index in [1.54, 1.807) is 0 Å². The second kappa shape index (κ2) is 7.54. The number of anilines is 1. The van der Waals surface area contributed by atoms with Crippen molar-refractivity contribution in [3.05, 3.63) is 27.1 Å². The predicted octanol–water partition coefficient (Wildman–Crippen LogP) is 2.82. The molecular weight excluding hydrogens is 386 g/mol. The van der Waals surface area contributed by atoms with Gasteiger partial charge in [-0.15, -0.1) is 0 Å². The molecule has 0 aliphatic carbocycles. The molecule has 1 aliphatic rings. The zero-order chi connectivity index (χ0) is 14.5. The number of nitrogens with two attached hydrogens (primary N) is 1. The molecule has 0 spiro atoms. The summed E-state index contributed by atoms with van der Waals surface area (Å²) in [7, 11) is 0. The summed E-state index contributed by atoms with van der Waals surface area (Å²) in [5.74, 6) is 0.647. The van der Waals surface area contributed by atoms with Crippen LogP contribution in [0.25, 0.3) is 0 Å². The van der Waals surface area contributed by atoms with Crippen molar-refractivity contribution >= 4 is 43.5 Å². The van der Waals surface area contributed by atoms with Crippen molar-refractivity contribution in [1.29, 1.82) is 0 Å². The van der Waals surface area contributed by atoms with Gasteiger partial charge in [-0.2, -0.15) is 0 Å². The van der Waals surface area contributed by atoms with E-state index >= 15 is 0 Å². The summed E-state index contributed by atoms with van der Waals surface area (Å²) in [4.78, 5) is 14.2. The van der Waals surface area contributed by atoms with Gasteiger partial charge >= 0.3 is 0 Å². The average molecular weight is 405 g/mol. The van der Waals surface area contributed by atoms with E-state index in [1.165, 1.54) is 0 Å². The topological polar surface area (TPSA) is 58.4 Å². The predicted molar refractivity (Wildman–Crippen MR) is 88.7 cm³/mol. The van der Waals surface area contributed by atoms with Gasteiger partial charge in [0.2, 0.25) is 5.91 Å². The average Bonchev–Trinajstić information content (AvgIpc) is 2.43. The Morgan fingerprint density at radius 1 is 1.35 bits per heavy atom. The van der Waals surface area contributed by atoms with Crippen LogP contribution < -0.4 is 11.1 Å². The molecule has 0 aromatic heterocycles. The van der Waals surface area contributed by atoms with E-state index in [-0.39, 0.29) is 5.91 Å². The Hall–Kier alpha value is -0.430. The fraction of sp³-hybridized carbons (Fsp3) is 0.500. The first-order valence-corrected chi connectivity index (χ1v) is 8.34. The Morgan fingerprint density at radius 3 is 2.65 bits per heavy atom. The molecule has 1 aromatic carbocycles. The minimum atomic E-state index is 0.0271. The quantitative estimate of drug-likeness (QED) is 0.811. The third-order valence-corrected chi connectivity index (χ3v) is 4.76. The van der Waals surface area contributed by atoms with Crippen molar-refractivity contribution < 1.29 is 4.79 Å². The van der Waals surface area contributed by atoms with Gasteiger partial charge in [-0.1, -0.05) is 15.9 Å². The van der Waals surface area contributed by atoms with E-state index in [9.17, 15) is 4.79 Å². The molecule has 1 fully saturated rings. The van der Waals surface area contributed by atoms with Gasteiger partial charge in [0.15, 0.2) is 0 Å². The molecule has 0 atom stereocenters. The van der Waals surface area contributed by atoms with Crippen LogP contribution in [0.5, 0.6) is 0 Å². The molecule has 0 bridgehead atoms. The van der Waals surface area contributed by atoms with Crippen molar-refractivity contribution in [3.63, 3.8) is 0 Å². The Labute approximate surface area is 136 Å². The van der Waals surface area contributed by atoms with Gasteiger partial charge in [-0.3, -0.25) is 9.69 Å². The smallest absolute Gasteiger partial charge is 0.238 e. The van der Waals surface area contributed by atoms with E-state index < -0.39 is 0 Å². The highest BCUT2D eigenvalue weighted by molar-refractivity contribution is 9.11. The van der Waals surface area contributed by atoms with Crippen LogP contribution >= 0.6 is 31.9 Å². The number of nitrogens with zero attached hydrogens (tertiary/aromatic N) is 1. The molecule has 4 nitrogen and oxygen atoms in total. The van der Waals surface area contributed by atoms with E-state index in [0.717, 1.165) is 47.1 Å². The maximum Gasteiger partial charge on any atom is 0.238 e. The van der Waals surface area contributed by atoms with Crippen molar-refractivity contribution in [3.8, 4) is 0 Å². The summed E-state index contributed by atoms with van der Waals surface area (Å²) >= 11 is 6.84. The summed E-state index contributed by atoms with van der Waals surface area (Å²) < 4.78 is 1.85. The second-order valence-electron chi connectivity index (χ2n) is 5.13. The molecular formula is C14H19Br2N3O. The fourth-order valence-electron chi connectivity index (χ4n) is 2.36. The SMILES string of the molecule is NCC1CCN(CC(=O)Nc2ccc(Br)cc2Br)CC1. The molecule has 1 aliphatic heterocycles. The lowest BCUT2D eigenvalue weighted by Crippen LogP contribution is -2.40. The van der Waals surface area contributed by atoms with Gasteiger partial charge in [0.05, 0.1) is 12.2 Å². The molecule has 20 heavy (non-hydrogen) atoms. The number of rotatable bonds is 4. The number of benzene rings is 1. The van der Waals surface area contributed by atoms with E-state index in [0.29, 0.717) is 12.5 Å². The standard InChI is InChI=1S/C14H19Br2N3O/c15-11-1-2-13(12(16)7-11)18-14(20)9-19-5-3-10(8-17)4-6-19/h1-2,7,10H,3-6,8-9,17H2,(H,18,20). The maximum atomic E-state index is 12.1. The van der Waals surface area contributed by atoms with Gasteiger partial charge < -0.3 is 11.1 Å². The third-order valence-electron chi connectivity index (χ3n) is 3.61. The number of carbonyl (C=O) groups excluding carboxylic acids is 1. The Morgan fingerprint density at radius 2 is 2.05 bits per heavy atom. The van der Waals surface area contributed by atoms with Crippen molar-refractivity contribution in [1.82, 2.24) is 4.90 Å². The highest BCUT2D eigenvalue weighted by atomic mass is 79.9. The zero-order valence-electron chi connectivity index (χ0n) is 11.2. The number of nitrogens with one attached hydrogen (secondary N) is 1. The molecule has 110 valence electrons. The van der Waals surface area contributed by atoms with Crippen LogP contribution in [0.4, 0.5) is 5.69 Å². The van der Waals surface area contributed by atoms with Crippen molar-refractivity contribution in [2.45, 2.75) is 12.8 Å². The molecule has 6 heteroatoms. The molecule has 1 saturated heterocycles. The highest BCUT2D eigenvalue weighted by Gasteiger charge is 2.20. The Kier molecular flexibility index (Phi) is 6.01. The number of hydrogen-bond donors (Lipinski definition) is 2. The van der Waals surface area contributed by atoms with Gasteiger partial charge in [-0.05, 0) is 72.5 Å². The van der Waals surface area contributed by atoms with Crippen LogP contribution in [0.2, 0.25) is 0 Å². The van der Waals surface area contributed by atoms with E-state index in [4.69, 9.17) is 5.73 Å². The molecule has 0 saturated carbocycles. The molecule has 1 amide bonds. The molecule has 1 heterocycles. The zero-order valence-corrected chi connectivity index (χ0v) is 14.4. The number of amides is 1. The molecule has 3 N–H and O–H groups in total. The number of halogens is 2. The summed E-state index contributed by atoms with van der Waals surface area (Å²) in [5, 5.41) is 2.94. The highest BCUT2D eigenvalue weighted by Crippen LogP contribution is 2.26. The van der Waals surface area contributed by atoms with Crippen LogP contribution in [0.1, 0.15) is 12.8 Å². The van der Waals surface area contributed by atoms with Crippen LogP contribution in [-0.4, -0.2) is 37.0 Å².